The van der Waals surface area contributed by atoms with Crippen LogP contribution in [0.2, 0.25) is 0 Å². The fourth-order valence-corrected chi connectivity index (χ4v) is 3.81. The van der Waals surface area contributed by atoms with Gasteiger partial charge in [-0.15, -0.1) is 0 Å². The van der Waals surface area contributed by atoms with Crippen LogP contribution >= 0.6 is 0 Å². The number of carboxylic acid groups (broad SMARTS) is 1. The van der Waals surface area contributed by atoms with Crippen molar-refractivity contribution < 1.29 is 19.5 Å². The molecule has 7 nitrogen and oxygen atoms in total. The molecular weight excluding hydrogens is 322 g/mol. The lowest BCUT2D eigenvalue weighted by molar-refractivity contribution is -0.142. The molecule has 0 radical (unpaired) electrons. The molecule has 0 bridgehead atoms. The third-order valence-corrected chi connectivity index (χ3v) is 5.23. The standard InChI is InChI=1S/C18H31N3O4/c1-13(11-17(23)24)20-16(22)12-15-3-2-9-21(18(15)25)10-6-14-4-7-19-8-5-14/h13-15,19H,2-12H2,1H3,(H,20,22)(H,23,24)/t13-,15?/m1/s1. The molecule has 0 aromatic carbocycles. The highest BCUT2D eigenvalue weighted by Crippen LogP contribution is 2.23. The summed E-state index contributed by atoms with van der Waals surface area (Å²) in [4.78, 5) is 37.3. The van der Waals surface area contributed by atoms with E-state index in [1.165, 1.54) is 12.8 Å². The summed E-state index contributed by atoms with van der Waals surface area (Å²) >= 11 is 0. The summed E-state index contributed by atoms with van der Waals surface area (Å²) in [6.07, 6.45) is 5.12. The van der Waals surface area contributed by atoms with Gasteiger partial charge in [-0.25, -0.2) is 0 Å². The molecule has 2 aliphatic heterocycles. The van der Waals surface area contributed by atoms with Crippen LogP contribution in [0, 0.1) is 11.8 Å². The Morgan fingerprint density at radius 2 is 2.04 bits per heavy atom. The topological polar surface area (TPSA) is 98.7 Å². The quantitative estimate of drug-likeness (QED) is 0.604. The maximum absolute atomic E-state index is 12.6. The monoisotopic (exact) mass is 353 g/mol. The molecule has 142 valence electrons. The number of amides is 2. The number of carboxylic acids is 1. The summed E-state index contributed by atoms with van der Waals surface area (Å²) < 4.78 is 0. The minimum atomic E-state index is -0.939. The number of rotatable bonds is 8. The summed E-state index contributed by atoms with van der Waals surface area (Å²) in [6.45, 7) is 5.38. The number of aliphatic carboxylic acids is 1. The highest BCUT2D eigenvalue weighted by Gasteiger charge is 2.31. The largest absolute Gasteiger partial charge is 0.481 e. The first-order valence-electron chi connectivity index (χ1n) is 9.46. The first kappa shape index (κ1) is 19.7. The fourth-order valence-electron chi connectivity index (χ4n) is 3.81. The van der Waals surface area contributed by atoms with Crippen LogP contribution in [0.3, 0.4) is 0 Å². The number of carbonyl (C=O) groups is 3. The summed E-state index contributed by atoms with van der Waals surface area (Å²) in [5.41, 5.74) is 0. The lowest BCUT2D eigenvalue weighted by atomic mass is 9.91. The number of piperidine rings is 2. The number of hydrogen-bond acceptors (Lipinski definition) is 4. The number of hydrogen-bond donors (Lipinski definition) is 3. The first-order chi connectivity index (χ1) is 12.0. The van der Waals surface area contributed by atoms with E-state index in [0.29, 0.717) is 5.92 Å². The molecule has 0 spiro atoms. The van der Waals surface area contributed by atoms with Gasteiger partial charge in [-0.2, -0.15) is 0 Å². The second kappa shape index (κ2) is 9.75. The normalized spacial score (nSPS) is 23.3. The van der Waals surface area contributed by atoms with Gasteiger partial charge in [0.2, 0.25) is 11.8 Å². The van der Waals surface area contributed by atoms with Crippen molar-refractivity contribution >= 4 is 17.8 Å². The summed E-state index contributed by atoms with van der Waals surface area (Å²) in [5, 5.41) is 14.8. The molecule has 3 N–H and O–H groups in total. The van der Waals surface area contributed by atoms with E-state index in [1.54, 1.807) is 6.92 Å². The van der Waals surface area contributed by atoms with Crippen LogP contribution in [-0.2, 0) is 14.4 Å². The Kier molecular flexibility index (Phi) is 7.68. The summed E-state index contributed by atoms with van der Waals surface area (Å²) in [7, 11) is 0. The van der Waals surface area contributed by atoms with Gasteiger partial charge in [0, 0.05) is 31.5 Å². The van der Waals surface area contributed by atoms with Gasteiger partial charge >= 0.3 is 5.97 Å². The van der Waals surface area contributed by atoms with Gasteiger partial charge < -0.3 is 20.6 Å². The van der Waals surface area contributed by atoms with Gasteiger partial charge in [0.05, 0.1) is 6.42 Å². The minimum absolute atomic E-state index is 0.0845. The average molecular weight is 353 g/mol. The molecule has 7 heteroatoms. The molecule has 0 aliphatic carbocycles. The summed E-state index contributed by atoms with van der Waals surface area (Å²) in [5.74, 6) is -0.660. The van der Waals surface area contributed by atoms with E-state index in [2.05, 4.69) is 10.6 Å². The van der Waals surface area contributed by atoms with E-state index in [0.717, 1.165) is 45.4 Å². The third kappa shape index (κ3) is 6.65. The zero-order chi connectivity index (χ0) is 18.2. The molecule has 2 rings (SSSR count). The van der Waals surface area contributed by atoms with E-state index < -0.39 is 12.0 Å². The Bertz CT molecular complexity index is 477. The molecule has 25 heavy (non-hydrogen) atoms. The number of carbonyl (C=O) groups excluding carboxylic acids is 2. The molecule has 2 heterocycles. The van der Waals surface area contributed by atoms with Crippen LogP contribution in [0.25, 0.3) is 0 Å². The van der Waals surface area contributed by atoms with Crippen LogP contribution in [0.1, 0.15) is 51.9 Å². The van der Waals surface area contributed by atoms with Crippen molar-refractivity contribution in [3.05, 3.63) is 0 Å². The van der Waals surface area contributed by atoms with Crippen molar-refractivity contribution in [1.82, 2.24) is 15.5 Å². The van der Waals surface area contributed by atoms with Crippen molar-refractivity contribution in [2.75, 3.05) is 26.2 Å². The number of likely N-dealkylation sites (tertiary alicyclic amines) is 1. The highest BCUT2D eigenvalue weighted by molar-refractivity contribution is 5.86. The lowest BCUT2D eigenvalue weighted by Crippen LogP contribution is -2.45. The third-order valence-electron chi connectivity index (χ3n) is 5.23. The smallest absolute Gasteiger partial charge is 0.305 e. The SMILES string of the molecule is C[C@H](CC(=O)O)NC(=O)CC1CCCN(CCC2CCNCC2)C1=O. The highest BCUT2D eigenvalue weighted by atomic mass is 16.4. The number of nitrogens with one attached hydrogen (secondary N) is 2. The van der Waals surface area contributed by atoms with Crippen LogP contribution in [0.5, 0.6) is 0 Å². The zero-order valence-corrected chi connectivity index (χ0v) is 15.1. The molecule has 1 unspecified atom stereocenters. The van der Waals surface area contributed by atoms with E-state index in [4.69, 9.17) is 5.11 Å². The average Bonchev–Trinajstić information content (AvgIpc) is 2.55. The Morgan fingerprint density at radius 1 is 1.32 bits per heavy atom. The van der Waals surface area contributed by atoms with Crippen LogP contribution in [-0.4, -0.2) is 60.0 Å². The predicted octanol–water partition coefficient (Wildman–Crippen LogP) is 0.984. The molecule has 0 aromatic heterocycles. The molecule has 2 aliphatic rings. The molecular formula is C18H31N3O4. The van der Waals surface area contributed by atoms with Gasteiger partial charge in [-0.1, -0.05) is 0 Å². The van der Waals surface area contributed by atoms with Crippen molar-refractivity contribution in [2.45, 2.75) is 57.9 Å². The van der Waals surface area contributed by atoms with Crippen LogP contribution in [0.4, 0.5) is 0 Å². The molecule has 2 atom stereocenters. The van der Waals surface area contributed by atoms with Crippen molar-refractivity contribution in [3.8, 4) is 0 Å². The molecule has 2 fully saturated rings. The summed E-state index contributed by atoms with van der Waals surface area (Å²) in [6, 6.07) is -0.417. The van der Waals surface area contributed by atoms with Crippen LogP contribution in [0.15, 0.2) is 0 Å². The van der Waals surface area contributed by atoms with Gasteiger partial charge in [-0.05, 0) is 58.0 Å². The Labute approximate surface area is 149 Å². The Balaban J connectivity index is 1.76. The predicted molar refractivity (Wildman–Crippen MR) is 94.0 cm³/mol. The first-order valence-corrected chi connectivity index (χ1v) is 9.46. The molecule has 2 amide bonds. The van der Waals surface area contributed by atoms with Crippen molar-refractivity contribution in [3.63, 3.8) is 0 Å². The second-order valence-electron chi connectivity index (χ2n) is 7.42. The maximum Gasteiger partial charge on any atom is 0.305 e. The van der Waals surface area contributed by atoms with Gasteiger partial charge in [0.1, 0.15) is 0 Å². The Hall–Kier alpha value is -1.63. The maximum atomic E-state index is 12.6. The van der Waals surface area contributed by atoms with Crippen LogP contribution < -0.4 is 10.6 Å². The molecule has 2 saturated heterocycles. The second-order valence-corrected chi connectivity index (χ2v) is 7.42. The van der Waals surface area contributed by atoms with Crippen molar-refractivity contribution in [2.24, 2.45) is 11.8 Å². The van der Waals surface area contributed by atoms with Crippen molar-refractivity contribution in [1.29, 1.82) is 0 Å². The van der Waals surface area contributed by atoms with Gasteiger partial charge in [0.15, 0.2) is 0 Å². The fraction of sp³-hybridized carbons (Fsp3) is 0.833. The zero-order valence-electron chi connectivity index (χ0n) is 15.1. The van der Waals surface area contributed by atoms with E-state index in [9.17, 15) is 14.4 Å². The van der Waals surface area contributed by atoms with E-state index in [1.807, 2.05) is 4.90 Å². The van der Waals surface area contributed by atoms with Gasteiger partial charge in [-0.3, -0.25) is 14.4 Å². The lowest BCUT2D eigenvalue weighted by Gasteiger charge is -2.34. The van der Waals surface area contributed by atoms with Gasteiger partial charge in [0.25, 0.3) is 0 Å². The number of nitrogens with zero attached hydrogens (tertiary/aromatic N) is 1. The van der Waals surface area contributed by atoms with E-state index in [-0.39, 0.29) is 30.6 Å². The molecule has 0 aromatic rings. The van der Waals surface area contributed by atoms with E-state index >= 15 is 0 Å². The Morgan fingerprint density at radius 3 is 2.72 bits per heavy atom. The molecule has 0 saturated carbocycles. The minimum Gasteiger partial charge on any atom is -0.481 e.